The third-order valence-electron chi connectivity index (χ3n) is 3.23. The first-order valence-corrected chi connectivity index (χ1v) is 5.02. The summed E-state index contributed by atoms with van der Waals surface area (Å²) >= 11 is 0. The summed E-state index contributed by atoms with van der Waals surface area (Å²) < 4.78 is 5.20. The molecule has 2 aliphatic rings. The Morgan fingerprint density at radius 1 is 1.46 bits per heavy atom. The minimum absolute atomic E-state index is 0.00894. The van der Waals surface area contributed by atoms with Crippen molar-refractivity contribution in [3.8, 4) is 0 Å². The van der Waals surface area contributed by atoms with Gasteiger partial charge in [0.1, 0.15) is 11.9 Å². The molecule has 1 saturated carbocycles. The number of hydrogen-bond acceptors (Lipinski definition) is 3. The summed E-state index contributed by atoms with van der Waals surface area (Å²) in [6.07, 6.45) is 4.23. The summed E-state index contributed by atoms with van der Waals surface area (Å²) in [6, 6.07) is 0. The van der Waals surface area contributed by atoms with Crippen molar-refractivity contribution >= 4 is 5.78 Å². The van der Waals surface area contributed by atoms with Crippen LogP contribution in [0.1, 0.15) is 39.0 Å². The molecule has 1 aliphatic heterocycles. The van der Waals surface area contributed by atoms with Crippen molar-refractivity contribution in [1.82, 2.24) is 0 Å². The Kier molecular flexibility index (Phi) is 2.16. The highest BCUT2D eigenvalue weighted by atomic mass is 16.7. The Morgan fingerprint density at radius 2 is 2.23 bits per heavy atom. The third kappa shape index (κ3) is 1.76. The van der Waals surface area contributed by atoms with E-state index in [2.05, 4.69) is 0 Å². The van der Waals surface area contributed by atoms with Gasteiger partial charge in [0.15, 0.2) is 5.79 Å². The number of fused-ring (bicyclic) bond motifs is 1. The molecule has 2 rings (SSSR count). The molecule has 0 aromatic carbocycles. The summed E-state index contributed by atoms with van der Waals surface area (Å²) in [5, 5.41) is 9.67. The predicted molar refractivity (Wildman–Crippen MR) is 47.1 cm³/mol. The van der Waals surface area contributed by atoms with E-state index in [0.717, 1.165) is 25.7 Å². The van der Waals surface area contributed by atoms with E-state index in [4.69, 9.17) is 4.74 Å². The van der Waals surface area contributed by atoms with Crippen LogP contribution in [0.5, 0.6) is 0 Å². The van der Waals surface area contributed by atoms with Crippen molar-refractivity contribution in [2.45, 2.75) is 50.9 Å². The van der Waals surface area contributed by atoms with Gasteiger partial charge >= 0.3 is 0 Å². The van der Waals surface area contributed by atoms with Crippen LogP contribution in [0.3, 0.4) is 0 Å². The fraction of sp³-hybridized carbons (Fsp3) is 0.900. The van der Waals surface area contributed by atoms with Crippen molar-refractivity contribution < 1.29 is 14.6 Å². The summed E-state index contributed by atoms with van der Waals surface area (Å²) in [5.41, 5.74) is 0. The van der Waals surface area contributed by atoms with Gasteiger partial charge < -0.3 is 9.84 Å². The van der Waals surface area contributed by atoms with Crippen molar-refractivity contribution in [3.63, 3.8) is 0 Å². The lowest BCUT2D eigenvalue weighted by molar-refractivity contribution is -0.121. The number of epoxide rings is 1. The average molecular weight is 184 g/mol. The standard InChI is InChI=1S/C10H16O3/c1-7(11)8-3-2-6-10(12)9(13-10)5-4-8/h8-9,12H,2-6H2,1H3. The molecule has 0 spiro atoms. The van der Waals surface area contributed by atoms with Crippen molar-refractivity contribution in [2.24, 2.45) is 5.92 Å². The zero-order valence-corrected chi connectivity index (χ0v) is 7.95. The monoisotopic (exact) mass is 184 g/mol. The molecule has 3 heteroatoms. The molecule has 2 fully saturated rings. The van der Waals surface area contributed by atoms with E-state index >= 15 is 0 Å². The first-order valence-electron chi connectivity index (χ1n) is 5.02. The fourth-order valence-corrected chi connectivity index (χ4v) is 2.22. The zero-order valence-electron chi connectivity index (χ0n) is 7.95. The SMILES string of the molecule is CC(=O)C1CCCC2(O)OC2CC1. The maximum absolute atomic E-state index is 11.2. The molecular weight excluding hydrogens is 168 g/mol. The molecule has 0 aromatic heterocycles. The highest BCUT2D eigenvalue weighted by molar-refractivity contribution is 5.78. The molecule has 74 valence electrons. The molecule has 0 bridgehead atoms. The van der Waals surface area contributed by atoms with Crippen molar-refractivity contribution in [2.75, 3.05) is 0 Å². The van der Waals surface area contributed by atoms with E-state index in [-0.39, 0.29) is 17.8 Å². The molecule has 1 heterocycles. The Balaban J connectivity index is 1.92. The van der Waals surface area contributed by atoms with Crippen LogP contribution in [0.15, 0.2) is 0 Å². The first kappa shape index (κ1) is 9.16. The fourth-order valence-electron chi connectivity index (χ4n) is 2.22. The zero-order chi connectivity index (χ0) is 9.47. The quantitative estimate of drug-likeness (QED) is 0.624. The number of hydrogen-bond donors (Lipinski definition) is 1. The van der Waals surface area contributed by atoms with Crippen LogP contribution in [0.25, 0.3) is 0 Å². The van der Waals surface area contributed by atoms with Crippen LogP contribution in [-0.2, 0) is 9.53 Å². The topological polar surface area (TPSA) is 49.8 Å². The van der Waals surface area contributed by atoms with Crippen LogP contribution in [0, 0.1) is 5.92 Å². The average Bonchev–Trinajstić information content (AvgIpc) is 2.62. The lowest BCUT2D eigenvalue weighted by Crippen LogP contribution is -2.21. The van der Waals surface area contributed by atoms with E-state index in [9.17, 15) is 9.90 Å². The minimum atomic E-state index is -0.818. The second-order valence-electron chi connectivity index (χ2n) is 4.23. The molecule has 1 N–H and O–H groups in total. The molecule has 3 nitrogen and oxygen atoms in total. The molecule has 13 heavy (non-hydrogen) atoms. The molecule has 0 amide bonds. The number of carbonyl (C=O) groups is 1. The van der Waals surface area contributed by atoms with Gasteiger partial charge in [0.05, 0.1) is 0 Å². The number of carbonyl (C=O) groups excluding carboxylic acids is 1. The maximum Gasteiger partial charge on any atom is 0.192 e. The second kappa shape index (κ2) is 3.07. The maximum atomic E-state index is 11.2. The Bertz CT molecular complexity index is 226. The molecule has 1 aliphatic carbocycles. The highest BCUT2D eigenvalue weighted by Gasteiger charge is 2.54. The van der Waals surface area contributed by atoms with Gasteiger partial charge in [-0.05, 0) is 32.6 Å². The van der Waals surface area contributed by atoms with Crippen molar-refractivity contribution in [1.29, 1.82) is 0 Å². The molecule has 3 unspecified atom stereocenters. The molecule has 0 radical (unpaired) electrons. The van der Waals surface area contributed by atoms with E-state index in [1.807, 2.05) is 0 Å². The van der Waals surface area contributed by atoms with E-state index in [0.29, 0.717) is 6.42 Å². The highest BCUT2D eigenvalue weighted by Crippen LogP contribution is 2.44. The summed E-state index contributed by atoms with van der Waals surface area (Å²) in [4.78, 5) is 11.2. The Labute approximate surface area is 78.1 Å². The second-order valence-corrected chi connectivity index (χ2v) is 4.23. The lowest BCUT2D eigenvalue weighted by Gasteiger charge is -2.16. The van der Waals surface area contributed by atoms with Gasteiger partial charge in [0.2, 0.25) is 0 Å². The number of aliphatic hydroxyl groups is 1. The van der Waals surface area contributed by atoms with Gasteiger partial charge in [-0.25, -0.2) is 0 Å². The summed E-state index contributed by atoms with van der Waals surface area (Å²) in [7, 11) is 0. The predicted octanol–water partition coefficient (Wildman–Crippen LogP) is 1.24. The van der Waals surface area contributed by atoms with Crippen LogP contribution in [0.4, 0.5) is 0 Å². The van der Waals surface area contributed by atoms with E-state index in [1.54, 1.807) is 6.92 Å². The van der Waals surface area contributed by atoms with Gasteiger partial charge in [-0.3, -0.25) is 4.79 Å². The smallest absolute Gasteiger partial charge is 0.192 e. The van der Waals surface area contributed by atoms with Crippen LogP contribution in [-0.4, -0.2) is 22.8 Å². The molecule has 1 saturated heterocycles. The van der Waals surface area contributed by atoms with E-state index < -0.39 is 5.79 Å². The Hall–Kier alpha value is -0.410. The molecular formula is C10H16O3. The van der Waals surface area contributed by atoms with E-state index in [1.165, 1.54) is 0 Å². The summed E-state index contributed by atoms with van der Waals surface area (Å²) in [6.45, 7) is 1.66. The lowest BCUT2D eigenvalue weighted by atomic mass is 9.88. The van der Waals surface area contributed by atoms with Crippen molar-refractivity contribution in [3.05, 3.63) is 0 Å². The number of ketones is 1. The minimum Gasteiger partial charge on any atom is -0.363 e. The van der Waals surface area contributed by atoms with Crippen LogP contribution in [0.2, 0.25) is 0 Å². The molecule has 0 aromatic rings. The van der Waals surface area contributed by atoms with Crippen LogP contribution >= 0.6 is 0 Å². The van der Waals surface area contributed by atoms with Gasteiger partial charge in [0, 0.05) is 12.3 Å². The van der Waals surface area contributed by atoms with Gasteiger partial charge in [-0.2, -0.15) is 0 Å². The first-order chi connectivity index (χ1) is 6.12. The Morgan fingerprint density at radius 3 is 2.92 bits per heavy atom. The number of Topliss-reactive ketones (excluding diaryl/α,β-unsaturated/α-hetero) is 1. The molecule has 3 atom stereocenters. The summed E-state index contributed by atoms with van der Waals surface area (Å²) in [5.74, 6) is -0.332. The third-order valence-corrected chi connectivity index (χ3v) is 3.23. The van der Waals surface area contributed by atoms with Gasteiger partial charge in [0.25, 0.3) is 0 Å². The largest absolute Gasteiger partial charge is 0.363 e. The number of rotatable bonds is 1. The normalized spacial score (nSPS) is 44.5. The van der Waals surface area contributed by atoms with Gasteiger partial charge in [-0.1, -0.05) is 0 Å². The van der Waals surface area contributed by atoms with Crippen LogP contribution < -0.4 is 0 Å². The van der Waals surface area contributed by atoms with Gasteiger partial charge in [-0.15, -0.1) is 0 Å². The number of ether oxygens (including phenoxy) is 1.